The summed E-state index contributed by atoms with van der Waals surface area (Å²) >= 11 is 0. The molecule has 1 unspecified atom stereocenters. The Morgan fingerprint density at radius 1 is 0.846 bits per heavy atom. The Morgan fingerprint density at radius 2 is 1.50 bits per heavy atom. The van der Waals surface area contributed by atoms with Crippen molar-refractivity contribution in [3.8, 4) is 17.2 Å². The predicted octanol–water partition coefficient (Wildman–Crippen LogP) is 6.18. The lowest BCUT2D eigenvalue weighted by Crippen LogP contribution is -2.12. The van der Waals surface area contributed by atoms with Gasteiger partial charge >= 0.3 is 0 Å². The number of ether oxygens (including phenoxy) is 2. The van der Waals surface area contributed by atoms with E-state index in [1.165, 1.54) is 11.6 Å². The minimum atomic E-state index is -0.426. The van der Waals surface area contributed by atoms with E-state index in [9.17, 15) is 4.39 Å². The van der Waals surface area contributed by atoms with Crippen molar-refractivity contribution in [1.29, 1.82) is 0 Å². The maximum Gasteiger partial charge on any atom is 0.205 e. The molecule has 26 heavy (non-hydrogen) atoms. The Balaban J connectivity index is 1.73. The third-order valence-electron chi connectivity index (χ3n) is 4.16. The van der Waals surface area contributed by atoms with Crippen LogP contribution < -0.4 is 9.47 Å². The molecule has 2 nitrogen and oxygen atoms in total. The quantitative estimate of drug-likeness (QED) is 0.506. The molecule has 3 aromatic rings. The van der Waals surface area contributed by atoms with Crippen LogP contribution in [0, 0.1) is 18.7 Å². The summed E-state index contributed by atoms with van der Waals surface area (Å²) in [7, 11) is 0. The maximum atomic E-state index is 14.4. The summed E-state index contributed by atoms with van der Waals surface area (Å²) in [6.07, 6.45) is 0.907. The van der Waals surface area contributed by atoms with E-state index >= 15 is 0 Å². The van der Waals surface area contributed by atoms with Crippen molar-refractivity contribution in [3.05, 3.63) is 89.7 Å². The lowest BCUT2D eigenvalue weighted by atomic mass is 10.0. The van der Waals surface area contributed by atoms with Crippen molar-refractivity contribution in [3.63, 3.8) is 0 Å². The molecule has 0 saturated heterocycles. The molecule has 0 aromatic heterocycles. The van der Waals surface area contributed by atoms with Gasteiger partial charge < -0.3 is 9.47 Å². The summed E-state index contributed by atoms with van der Waals surface area (Å²) in [6.45, 7) is 4.51. The molecule has 0 saturated carbocycles. The molecular formula is C23H23FO2. The van der Waals surface area contributed by atoms with Gasteiger partial charge in [0.15, 0.2) is 11.6 Å². The van der Waals surface area contributed by atoms with Crippen LogP contribution >= 0.6 is 0 Å². The van der Waals surface area contributed by atoms with Gasteiger partial charge in [0.05, 0.1) is 6.61 Å². The monoisotopic (exact) mass is 350 g/mol. The highest BCUT2D eigenvalue weighted by atomic mass is 19.1. The van der Waals surface area contributed by atoms with Crippen LogP contribution in [0.1, 0.15) is 18.1 Å². The predicted molar refractivity (Wildman–Crippen MR) is 102 cm³/mol. The topological polar surface area (TPSA) is 18.5 Å². The second-order valence-electron chi connectivity index (χ2n) is 6.54. The summed E-state index contributed by atoms with van der Waals surface area (Å²) in [6, 6.07) is 22.6. The summed E-state index contributed by atoms with van der Waals surface area (Å²) in [5, 5.41) is 0. The van der Waals surface area contributed by atoms with Gasteiger partial charge in [0.1, 0.15) is 5.75 Å². The third-order valence-corrected chi connectivity index (χ3v) is 4.16. The van der Waals surface area contributed by atoms with Crippen LogP contribution in [0.4, 0.5) is 4.39 Å². The van der Waals surface area contributed by atoms with Crippen molar-refractivity contribution in [1.82, 2.24) is 0 Å². The SMILES string of the molecule is Cc1ccc(F)c(Oc2ccccc2)c1OCC(C)Cc1ccccc1. The molecule has 3 aromatic carbocycles. The molecule has 3 heteroatoms. The summed E-state index contributed by atoms with van der Waals surface area (Å²) in [5.41, 5.74) is 2.12. The highest BCUT2D eigenvalue weighted by molar-refractivity contribution is 5.49. The maximum absolute atomic E-state index is 14.4. The van der Waals surface area contributed by atoms with Crippen molar-refractivity contribution in [2.45, 2.75) is 20.3 Å². The molecule has 134 valence electrons. The van der Waals surface area contributed by atoms with Crippen molar-refractivity contribution >= 4 is 0 Å². The third kappa shape index (κ3) is 4.63. The van der Waals surface area contributed by atoms with E-state index in [4.69, 9.17) is 9.47 Å². The van der Waals surface area contributed by atoms with E-state index in [-0.39, 0.29) is 5.75 Å². The summed E-state index contributed by atoms with van der Waals surface area (Å²) in [5.74, 6) is 1.06. The molecule has 0 heterocycles. The first-order valence-electron chi connectivity index (χ1n) is 8.82. The van der Waals surface area contributed by atoms with Crippen LogP contribution in [-0.4, -0.2) is 6.61 Å². The van der Waals surface area contributed by atoms with E-state index in [0.717, 1.165) is 12.0 Å². The molecule has 0 aliphatic heterocycles. The molecular weight excluding hydrogens is 327 g/mol. The first-order chi connectivity index (χ1) is 12.6. The molecule has 0 aliphatic carbocycles. The van der Waals surface area contributed by atoms with Crippen LogP contribution in [0.25, 0.3) is 0 Å². The van der Waals surface area contributed by atoms with Gasteiger partial charge in [-0.25, -0.2) is 4.39 Å². The lowest BCUT2D eigenvalue weighted by Gasteiger charge is -2.18. The van der Waals surface area contributed by atoms with Crippen molar-refractivity contribution in [2.24, 2.45) is 5.92 Å². The molecule has 0 aliphatic rings. The van der Waals surface area contributed by atoms with Gasteiger partial charge in [-0.3, -0.25) is 0 Å². The number of rotatable bonds is 7. The fraction of sp³-hybridized carbons (Fsp3) is 0.217. The van der Waals surface area contributed by atoms with Crippen LogP contribution in [0.2, 0.25) is 0 Å². The number of halogens is 1. The highest BCUT2D eigenvalue weighted by Crippen LogP contribution is 2.37. The Bertz CT molecular complexity index is 832. The standard InChI is InChI=1S/C23H23FO2/c1-17(15-19-9-5-3-6-10-19)16-25-22-18(2)13-14-21(24)23(22)26-20-11-7-4-8-12-20/h3-14,17H,15-16H2,1-2H3. The van der Waals surface area contributed by atoms with Crippen LogP contribution in [0.5, 0.6) is 17.2 Å². The fourth-order valence-electron chi connectivity index (χ4n) is 2.82. The zero-order valence-electron chi connectivity index (χ0n) is 15.1. The Kier molecular flexibility index (Phi) is 5.90. The largest absolute Gasteiger partial charge is 0.489 e. The van der Waals surface area contributed by atoms with Crippen molar-refractivity contribution in [2.75, 3.05) is 6.61 Å². The van der Waals surface area contributed by atoms with Crippen molar-refractivity contribution < 1.29 is 13.9 Å². The molecule has 0 radical (unpaired) electrons. The van der Waals surface area contributed by atoms with Crippen LogP contribution in [0.3, 0.4) is 0 Å². The Hall–Kier alpha value is -2.81. The average Bonchev–Trinajstić information content (AvgIpc) is 2.66. The fourth-order valence-corrected chi connectivity index (χ4v) is 2.82. The second kappa shape index (κ2) is 8.52. The lowest BCUT2D eigenvalue weighted by molar-refractivity contribution is 0.246. The number of hydrogen-bond acceptors (Lipinski definition) is 2. The zero-order chi connectivity index (χ0) is 18.4. The van der Waals surface area contributed by atoms with E-state index in [1.807, 2.05) is 43.3 Å². The molecule has 0 amide bonds. The normalized spacial score (nSPS) is 11.8. The molecule has 0 fully saturated rings. The van der Waals surface area contributed by atoms with Gasteiger partial charge in [0, 0.05) is 0 Å². The Labute approximate surface area is 154 Å². The summed E-state index contributed by atoms with van der Waals surface area (Å²) < 4.78 is 26.1. The van der Waals surface area contributed by atoms with Crippen LogP contribution in [-0.2, 0) is 6.42 Å². The second-order valence-corrected chi connectivity index (χ2v) is 6.54. The molecule has 0 bridgehead atoms. The van der Waals surface area contributed by atoms with Gasteiger partial charge in [0.2, 0.25) is 5.75 Å². The first kappa shape index (κ1) is 18.0. The van der Waals surface area contributed by atoms with E-state index in [0.29, 0.717) is 24.0 Å². The average molecular weight is 350 g/mol. The van der Waals surface area contributed by atoms with Gasteiger partial charge in [-0.1, -0.05) is 61.5 Å². The number of para-hydroxylation sites is 1. The zero-order valence-corrected chi connectivity index (χ0v) is 15.1. The van der Waals surface area contributed by atoms with Gasteiger partial charge in [-0.15, -0.1) is 0 Å². The van der Waals surface area contributed by atoms with Crippen LogP contribution in [0.15, 0.2) is 72.8 Å². The first-order valence-corrected chi connectivity index (χ1v) is 8.82. The Morgan fingerprint density at radius 3 is 2.19 bits per heavy atom. The van der Waals surface area contributed by atoms with E-state index in [1.54, 1.807) is 18.2 Å². The van der Waals surface area contributed by atoms with Gasteiger partial charge in [-0.2, -0.15) is 0 Å². The molecule has 0 N–H and O–H groups in total. The number of benzene rings is 3. The minimum Gasteiger partial charge on any atom is -0.489 e. The molecule has 1 atom stereocenters. The van der Waals surface area contributed by atoms with Gasteiger partial charge in [-0.05, 0) is 48.6 Å². The number of hydrogen-bond donors (Lipinski definition) is 0. The smallest absolute Gasteiger partial charge is 0.205 e. The van der Waals surface area contributed by atoms with E-state index in [2.05, 4.69) is 19.1 Å². The minimum absolute atomic E-state index is 0.142. The van der Waals surface area contributed by atoms with E-state index < -0.39 is 5.82 Å². The summed E-state index contributed by atoms with van der Waals surface area (Å²) in [4.78, 5) is 0. The highest BCUT2D eigenvalue weighted by Gasteiger charge is 2.17. The number of aryl methyl sites for hydroxylation is 1. The van der Waals surface area contributed by atoms with Gasteiger partial charge in [0.25, 0.3) is 0 Å². The molecule has 3 rings (SSSR count). The molecule has 0 spiro atoms.